The Morgan fingerprint density at radius 2 is 1.82 bits per heavy atom. The summed E-state index contributed by atoms with van der Waals surface area (Å²) in [5, 5.41) is 13.1. The Morgan fingerprint density at radius 3 is 2.57 bits per heavy atom. The molecule has 1 aliphatic rings. The van der Waals surface area contributed by atoms with Crippen molar-refractivity contribution in [1.82, 2.24) is 20.1 Å². The molecule has 3 aromatic rings. The van der Waals surface area contributed by atoms with E-state index in [4.69, 9.17) is 11.6 Å². The maximum atomic E-state index is 12.4. The zero-order chi connectivity index (χ0) is 19.5. The van der Waals surface area contributed by atoms with Gasteiger partial charge in [0.1, 0.15) is 0 Å². The van der Waals surface area contributed by atoms with E-state index in [0.717, 1.165) is 48.0 Å². The maximum Gasteiger partial charge on any atom is 0.233 e. The monoisotopic (exact) mass is 412 g/mol. The lowest BCUT2D eigenvalue weighted by Gasteiger charge is -2.15. The van der Waals surface area contributed by atoms with Gasteiger partial charge in [-0.25, -0.2) is 0 Å². The Kier molecular flexibility index (Phi) is 5.69. The van der Waals surface area contributed by atoms with Crippen molar-refractivity contribution in [2.45, 2.75) is 36.6 Å². The van der Waals surface area contributed by atoms with Crippen LogP contribution in [0.4, 0.5) is 0 Å². The third kappa shape index (κ3) is 4.08. The lowest BCUT2D eigenvalue weighted by molar-refractivity contribution is -0.120. The minimum absolute atomic E-state index is 0.0778. The van der Waals surface area contributed by atoms with Crippen LogP contribution in [0, 0.1) is 6.92 Å². The number of nitrogens with one attached hydrogen (secondary N) is 1. The van der Waals surface area contributed by atoms with Gasteiger partial charge >= 0.3 is 0 Å². The van der Waals surface area contributed by atoms with Crippen LogP contribution in [0.2, 0.25) is 5.02 Å². The fourth-order valence-electron chi connectivity index (χ4n) is 3.21. The van der Waals surface area contributed by atoms with Gasteiger partial charge in [-0.1, -0.05) is 47.5 Å². The number of carbonyl (C=O) groups excluding carboxylic acids is 1. The second-order valence-electron chi connectivity index (χ2n) is 6.88. The topological polar surface area (TPSA) is 59.8 Å². The normalized spacial score (nSPS) is 17.2. The molecular weight excluding hydrogens is 392 g/mol. The summed E-state index contributed by atoms with van der Waals surface area (Å²) in [6, 6.07) is 15.8. The van der Waals surface area contributed by atoms with Crippen molar-refractivity contribution in [2.75, 3.05) is 6.54 Å². The lowest BCUT2D eigenvalue weighted by atomic mass is 10.2. The van der Waals surface area contributed by atoms with Crippen molar-refractivity contribution in [3.05, 3.63) is 59.1 Å². The van der Waals surface area contributed by atoms with Gasteiger partial charge < -0.3 is 5.32 Å². The maximum absolute atomic E-state index is 12.4. The Labute approximate surface area is 173 Å². The number of aryl methyl sites for hydroxylation is 1. The minimum Gasteiger partial charge on any atom is -0.355 e. The number of aromatic nitrogens is 3. The van der Waals surface area contributed by atoms with Gasteiger partial charge in [0.2, 0.25) is 5.91 Å². The molecule has 0 aliphatic carbocycles. The standard InChI is InChI=1S/C21H21ClN4OS/c1-14-5-11-17(12-6-14)26-19(15-7-9-16(22)10-8-15)24-25-21(26)28-18-4-2-3-13-23-20(18)27/h5-12,18H,2-4,13H2,1H3,(H,23,27). The van der Waals surface area contributed by atoms with Crippen molar-refractivity contribution in [2.24, 2.45) is 0 Å². The van der Waals surface area contributed by atoms with Gasteiger partial charge in [-0.3, -0.25) is 9.36 Å². The first kappa shape index (κ1) is 19.0. The number of halogens is 1. The summed E-state index contributed by atoms with van der Waals surface area (Å²) < 4.78 is 2.02. The van der Waals surface area contributed by atoms with E-state index in [9.17, 15) is 4.79 Å². The smallest absolute Gasteiger partial charge is 0.233 e. The van der Waals surface area contributed by atoms with Crippen LogP contribution in [0.3, 0.4) is 0 Å². The van der Waals surface area contributed by atoms with Crippen molar-refractivity contribution in [3.63, 3.8) is 0 Å². The zero-order valence-electron chi connectivity index (χ0n) is 15.6. The van der Waals surface area contributed by atoms with Crippen LogP contribution in [0.15, 0.2) is 53.7 Å². The second-order valence-corrected chi connectivity index (χ2v) is 8.48. The highest BCUT2D eigenvalue weighted by molar-refractivity contribution is 8.00. The molecule has 1 fully saturated rings. The summed E-state index contributed by atoms with van der Waals surface area (Å²) in [6.07, 6.45) is 2.89. The quantitative estimate of drug-likeness (QED) is 0.677. The lowest BCUT2D eigenvalue weighted by Crippen LogP contribution is -2.30. The molecule has 144 valence electrons. The van der Waals surface area contributed by atoms with E-state index in [0.29, 0.717) is 5.02 Å². The highest BCUT2D eigenvalue weighted by Gasteiger charge is 2.26. The molecule has 5 nitrogen and oxygen atoms in total. The molecule has 4 rings (SSSR count). The number of rotatable bonds is 4. The molecule has 0 radical (unpaired) electrons. The second kappa shape index (κ2) is 8.37. The fraction of sp³-hybridized carbons (Fsp3) is 0.286. The van der Waals surface area contributed by atoms with Crippen molar-refractivity contribution < 1.29 is 4.79 Å². The molecule has 1 aromatic heterocycles. The number of nitrogens with zero attached hydrogens (tertiary/aromatic N) is 3. The molecule has 1 atom stereocenters. The molecule has 1 aliphatic heterocycles. The van der Waals surface area contributed by atoms with E-state index in [1.807, 2.05) is 28.8 Å². The first-order valence-corrected chi connectivity index (χ1v) is 10.6. The van der Waals surface area contributed by atoms with E-state index < -0.39 is 0 Å². The van der Waals surface area contributed by atoms with Gasteiger partial charge in [-0.2, -0.15) is 0 Å². The van der Waals surface area contributed by atoms with Crippen LogP contribution in [-0.4, -0.2) is 32.5 Å². The highest BCUT2D eigenvalue weighted by atomic mass is 35.5. The minimum atomic E-state index is -0.158. The molecule has 7 heteroatoms. The number of thioether (sulfide) groups is 1. The molecule has 1 N–H and O–H groups in total. The van der Waals surface area contributed by atoms with Crippen LogP contribution in [0.1, 0.15) is 24.8 Å². The number of carbonyl (C=O) groups is 1. The van der Waals surface area contributed by atoms with E-state index in [-0.39, 0.29) is 11.2 Å². The molecule has 0 bridgehead atoms. The molecule has 2 aromatic carbocycles. The first-order valence-electron chi connectivity index (χ1n) is 9.34. The van der Waals surface area contributed by atoms with Crippen molar-refractivity contribution in [3.8, 4) is 17.1 Å². The van der Waals surface area contributed by atoms with Crippen molar-refractivity contribution >= 4 is 29.3 Å². The highest BCUT2D eigenvalue weighted by Crippen LogP contribution is 2.32. The van der Waals surface area contributed by atoms with Gasteiger partial charge in [0.25, 0.3) is 0 Å². The zero-order valence-corrected chi connectivity index (χ0v) is 17.1. The number of hydrogen-bond acceptors (Lipinski definition) is 4. The number of hydrogen-bond donors (Lipinski definition) is 1. The average Bonchev–Trinajstić information content (AvgIpc) is 3.00. The van der Waals surface area contributed by atoms with Crippen molar-refractivity contribution in [1.29, 1.82) is 0 Å². The number of amides is 1. The van der Waals surface area contributed by atoms with Gasteiger partial charge in [0.05, 0.1) is 5.25 Å². The predicted molar refractivity (Wildman–Crippen MR) is 113 cm³/mol. The summed E-state index contributed by atoms with van der Waals surface area (Å²) in [6.45, 7) is 2.80. The van der Waals surface area contributed by atoms with Crippen LogP contribution < -0.4 is 5.32 Å². The van der Waals surface area contributed by atoms with Gasteiger partial charge in [0.15, 0.2) is 11.0 Å². The molecule has 0 saturated carbocycles. The average molecular weight is 413 g/mol. The molecule has 1 unspecified atom stereocenters. The molecule has 1 saturated heterocycles. The van der Waals surface area contributed by atoms with Crippen LogP contribution >= 0.6 is 23.4 Å². The Bertz CT molecular complexity index is 969. The van der Waals surface area contributed by atoms with Gasteiger partial charge in [-0.15, -0.1) is 10.2 Å². The summed E-state index contributed by atoms with van der Waals surface area (Å²) in [5.41, 5.74) is 3.08. The molecule has 1 amide bonds. The van der Waals surface area contributed by atoms with E-state index in [1.165, 1.54) is 17.3 Å². The summed E-state index contributed by atoms with van der Waals surface area (Å²) in [4.78, 5) is 12.4. The van der Waals surface area contributed by atoms with Crippen LogP contribution in [-0.2, 0) is 4.79 Å². The largest absolute Gasteiger partial charge is 0.355 e. The summed E-state index contributed by atoms with van der Waals surface area (Å²) >= 11 is 7.53. The molecular formula is C21H21ClN4OS. The fourth-order valence-corrected chi connectivity index (χ4v) is 4.45. The van der Waals surface area contributed by atoms with E-state index >= 15 is 0 Å². The number of benzene rings is 2. The van der Waals surface area contributed by atoms with Gasteiger partial charge in [-0.05, 0) is 56.2 Å². The summed E-state index contributed by atoms with van der Waals surface area (Å²) in [7, 11) is 0. The molecule has 28 heavy (non-hydrogen) atoms. The van der Waals surface area contributed by atoms with Crippen LogP contribution in [0.25, 0.3) is 17.1 Å². The Morgan fingerprint density at radius 1 is 1.07 bits per heavy atom. The van der Waals surface area contributed by atoms with E-state index in [1.54, 1.807) is 0 Å². The van der Waals surface area contributed by atoms with E-state index in [2.05, 4.69) is 46.7 Å². The first-order chi connectivity index (χ1) is 13.6. The SMILES string of the molecule is Cc1ccc(-n2c(SC3CCCCNC3=O)nnc2-c2ccc(Cl)cc2)cc1. The Balaban J connectivity index is 1.76. The predicted octanol–water partition coefficient (Wildman–Crippen LogP) is 4.66. The molecule has 2 heterocycles. The van der Waals surface area contributed by atoms with Gasteiger partial charge in [0, 0.05) is 22.8 Å². The third-order valence-corrected chi connectivity index (χ3v) is 6.22. The Hall–Kier alpha value is -2.31. The third-order valence-electron chi connectivity index (χ3n) is 4.76. The molecule has 0 spiro atoms. The van der Waals surface area contributed by atoms with Crippen LogP contribution in [0.5, 0.6) is 0 Å². The summed E-state index contributed by atoms with van der Waals surface area (Å²) in [5.74, 6) is 0.811.